The van der Waals surface area contributed by atoms with Crippen LogP contribution < -0.4 is 10.3 Å². The van der Waals surface area contributed by atoms with E-state index < -0.39 is 0 Å². The highest BCUT2D eigenvalue weighted by Crippen LogP contribution is 2.27. The number of fused-ring (bicyclic) bond motifs is 1. The Labute approximate surface area is 162 Å². The summed E-state index contributed by atoms with van der Waals surface area (Å²) in [6, 6.07) is 9.53. The lowest BCUT2D eigenvalue weighted by Gasteiger charge is -2.16. The van der Waals surface area contributed by atoms with Gasteiger partial charge in [-0.05, 0) is 38.0 Å². The van der Waals surface area contributed by atoms with Crippen molar-refractivity contribution in [2.45, 2.75) is 32.6 Å². The van der Waals surface area contributed by atoms with Crippen molar-refractivity contribution in [1.29, 1.82) is 0 Å². The van der Waals surface area contributed by atoms with Crippen LogP contribution in [0.4, 0.5) is 0 Å². The number of nitrogens with one attached hydrogen (secondary N) is 1. The fourth-order valence-corrected chi connectivity index (χ4v) is 3.76. The summed E-state index contributed by atoms with van der Waals surface area (Å²) in [5.74, 6) is 1.04. The number of rotatable bonds is 4. The molecule has 0 bridgehead atoms. The molecule has 0 aliphatic carbocycles. The number of ether oxygens (including phenoxy) is 1. The van der Waals surface area contributed by atoms with Crippen LogP contribution in [0.25, 0.3) is 5.65 Å². The van der Waals surface area contributed by atoms with E-state index in [0.29, 0.717) is 30.7 Å². The molecule has 1 N–H and O–H groups in total. The fraction of sp³-hybridized carbons (Fsp3) is 0.381. The largest absolute Gasteiger partial charge is 0.497 e. The number of methoxy groups -OCH3 is 1. The first kappa shape index (κ1) is 18.3. The molecular formula is C21H24N4O3. The van der Waals surface area contributed by atoms with Crippen molar-refractivity contribution in [3.8, 4) is 5.75 Å². The van der Waals surface area contributed by atoms with Gasteiger partial charge in [-0.25, -0.2) is 9.50 Å². The summed E-state index contributed by atoms with van der Waals surface area (Å²) >= 11 is 0. The number of hydrogen-bond acceptors (Lipinski definition) is 4. The van der Waals surface area contributed by atoms with Gasteiger partial charge in [0.1, 0.15) is 5.75 Å². The highest BCUT2D eigenvalue weighted by Gasteiger charge is 2.29. The SMILES string of the molecule is COc1cccc(CC(=O)N2CCC(c3cc4nc(C)c(C)c(=O)n4[nH]3)C2)c1. The third kappa shape index (κ3) is 3.28. The average molecular weight is 380 g/mol. The zero-order valence-corrected chi connectivity index (χ0v) is 16.4. The van der Waals surface area contributed by atoms with Crippen molar-refractivity contribution >= 4 is 11.6 Å². The molecule has 0 spiro atoms. The van der Waals surface area contributed by atoms with Crippen LogP contribution in [-0.4, -0.2) is 45.6 Å². The van der Waals surface area contributed by atoms with Gasteiger partial charge in [-0.3, -0.25) is 14.7 Å². The first-order chi connectivity index (χ1) is 13.5. The highest BCUT2D eigenvalue weighted by molar-refractivity contribution is 5.79. The molecule has 28 heavy (non-hydrogen) atoms. The lowest BCUT2D eigenvalue weighted by Crippen LogP contribution is -2.30. The lowest BCUT2D eigenvalue weighted by atomic mass is 10.1. The van der Waals surface area contributed by atoms with E-state index in [1.54, 1.807) is 14.0 Å². The van der Waals surface area contributed by atoms with Crippen molar-refractivity contribution in [2.75, 3.05) is 20.2 Å². The summed E-state index contributed by atoms with van der Waals surface area (Å²) < 4.78 is 6.73. The normalized spacial score (nSPS) is 16.7. The second-order valence-corrected chi connectivity index (χ2v) is 7.39. The zero-order chi connectivity index (χ0) is 19.8. The van der Waals surface area contributed by atoms with Gasteiger partial charge in [0.2, 0.25) is 5.91 Å². The topological polar surface area (TPSA) is 79.7 Å². The molecule has 1 aromatic carbocycles. The van der Waals surface area contributed by atoms with Gasteiger partial charge in [-0.2, -0.15) is 0 Å². The fourth-order valence-electron chi connectivity index (χ4n) is 3.76. The van der Waals surface area contributed by atoms with E-state index in [2.05, 4.69) is 10.1 Å². The van der Waals surface area contributed by atoms with E-state index >= 15 is 0 Å². The molecule has 1 fully saturated rings. The number of aryl methyl sites for hydroxylation is 1. The molecule has 3 aromatic rings. The Balaban J connectivity index is 1.49. The number of benzene rings is 1. The average Bonchev–Trinajstić information content (AvgIpc) is 3.33. The second-order valence-electron chi connectivity index (χ2n) is 7.39. The Morgan fingerprint density at radius 1 is 1.32 bits per heavy atom. The molecule has 4 rings (SSSR count). The number of aromatic nitrogens is 3. The first-order valence-corrected chi connectivity index (χ1v) is 9.46. The molecule has 7 nitrogen and oxygen atoms in total. The number of hydrogen-bond donors (Lipinski definition) is 1. The van der Waals surface area contributed by atoms with E-state index in [4.69, 9.17) is 4.74 Å². The third-order valence-corrected chi connectivity index (χ3v) is 5.57. The molecule has 1 unspecified atom stereocenters. The van der Waals surface area contributed by atoms with Gasteiger partial charge < -0.3 is 9.64 Å². The van der Waals surface area contributed by atoms with Gasteiger partial charge >= 0.3 is 0 Å². The van der Waals surface area contributed by atoms with Gasteiger partial charge in [0.15, 0.2) is 5.65 Å². The molecule has 1 aliphatic rings. The Kier molecular flexibility index (Phi) is 4.66. The monoisotopic (exact) mass is 380 g/mol. The zero-order valence-electron chi connectivity index (χ0n) is 16.4. The Morgan fingerprint density at radius 2 is 2.14 bits per heavy atom. The second kappa shape index (κ2) is 7.14. The van der Waals surface area contributed by atoms with Gasteiger partial charge in [0, 0.05) is 42.0 Å². The van der Waals surface area contributed by atoms with Gasteiger partial charge in [0.25, 0.3) is 5.56 Å². The number of carbonyl (C=O) groups excluding carboxylic acids is 1. The molecule has 7 heteroatoms. The number of amides is 1. The van der Waals surface area contributed by atoms with E-state index in [-0.39, 0.29) is 17.4 Å². The van der Waals surface area contributed by atoms with Crippen molar-refractivity contribution < 1.29 is 9.53 Å². The molecule has 1 aliphatic heterocycles. The summed E-state index contributed by atoms with van der Waals surface area (Å²) in [6.45, 7) is 4.98. The van der Waals surface area contributed by atoms with Crippen molar-refractivity contribution in [2.24, 2.45) is 0 Å². The number of carbonyl (C=O) groups is 1. The van der Waals surface area contributed by atoms with Crippen LogP contribution in [0.3, 0.4) is 0 Å². The maximum Gasteiger partial charge on any atom is 0.275 e. The summed E-state index contributed by atoms with van der Waals surface area (Å²) in [5.41, 5.74) is 3.85. The molecule has 1 atom stereocenters. The number of likely N-dealkylation sites (tertiary alicyclic amines) is 1. The number of H-pyrrole nitrogens is 1. The Morgan fingerprint density at radius 3 is 2.93 bits per heavy atom. The van der Waals surface area contributed by atoms with E-state index in [1.165, 1.54) is 4.52 Å². The molecule has 0 radical (unpaired) electrons. The van der Waals surface area contributed by atoms with Gasteiger partial charge in [-0.1, -0.05) is 12.1 Å². The maximum atomic E-state index is 12.7. The summed E-state index contributed by atoms with van der Waals surface area (Å²) in [5, 5.41) is 3.19. The van der Waals surface area contributed by atoms with E-state index in [0.717, 1.165) is 29.1 Å². The molecule has 0 saturated carbocycles. The predicted octanol–water partition coefficient (Wildman–Crippen LogP) is 2.21. The minimum atomic E-state index is -0.0716. The van der Waals surface area contributed by atoms with Crippen LogP contribution in [0.1, 0.15) is 34.9 Å². The smallest absolute Gasteiger partial charge is 0.275 e. The van der Waals surface area contributed by atoms with E-state index in [9.17, 15) is 9.59 Å². The molecule has 146 valence electrons. The molecular weight excluding hydrogens is 356 g/mol. The lowest BCUT2D eigenvalue weighted by molar-refractivity contribution is -0.129. The standard InChI is InChI=1S/C21H24N4O3/c1-13-14(2)22-19-11-18(23-25(19)21(13)27)16-7-8-24(12-16)20(26)10-15-5-4-6-17(9-15)28-3/h4-6,9,11,16,23H,7-8,10,12H2,1-3H3. The summed E-state index contributed by atoms with van der Waals surface area (Å²) in [6.07, 6.45) is 1.22. The van der Waals surface area contributed by atoms with E-state index in [1.807, 2.05) is 42.2 Å². The summed E-state index contributed by atoms with van der Waals surface area (Å²) in [4.78, 5) is 31.5. The van der Waals surface area contributed by atoms with Gasteiger partial charge in [0.05, 0.1) is 13.5 Å². The van der Waals surface area contributed by atoms with Crippen LogP contribution in [0, 0.1) is 13.8 Å². The maximum absolute atomic E-state index is 12.7. The Hall–Kier alpha value is -3.09. The third-order valence-electron chi connectivity index (χ3n) is 5.57. The van der Waals surface area contributed by atoms with Crippen LogP contribution in [0.5, 0.6) is 5.75 Å². The van der Waals surface area contributed by atoms with Gasteiger partial charge in [-0.15, -0.1) is 0 Å². The highest BCUT2D eigenvalue weighted by atomic mass is 16.5. The van der Waals surface area contributed by atoms with Crippen LogP contribution in [-0.2, 0) is 11.2 Å². The van der Waals surface area contributed by atoms with Crippen LogP contribution >= 0.6 is 0 Å². The van der Waals surface area contributed by atoms with Crippen molar-refractivity contribution in [3.05, 3.63) is 63.2 Å². The minimum absolute atomic E-state index is 0.0716. The van der Waals surface area contributed by atoms with Crippen molar-refractivity contribution in [1.82, 2.24) is 19.5 Å². The van der Waals surface area contributed by atoms with Crippen LogP contribution in [0.15, 0.2) is 35.1 Å². The van der Waals surface area contributed by atoms with Crippen LogP contribution in [0.2, 0.25) is 0 Å². The van der Waals surface area contributed by atoms with Crippen molar-refractivity contribution in [3.63, 3.8) is 0 Å². The molecule has 1 amide bonds. The summed E-state index contributed by atoms with van der Waals surface area (Å²) in [7, 11) is 1.62. The Bertz CT molecular complexity index is 1100. The quantitative estimate of drug-likeness (QED) is 0.753. The molecule has 3 heterocycles. The number of nitrogens with zero attached hydrogens (tertiary/aromatic N) is 3. The molecule has 1 saturated heterocycles. The first-order valence-electron chi connectivity index (χ1n) is 9.46. The molecule has 2 aromatic heterocycles. The predicted molar refractivity (Wildman–Crippen MR) is 106 cm³/mol. The number of aromatic amines is 1. The minimum Gasteiger partial charge on any atom is -0.497 e.